The third-order valence-corrected chi connectivity index (χ3v) is 6.41. The van der Waals surface area contributed by atoms with Crippen LogP contribution in [0.1, 0.15) is 51.0 Å². The molecule has 3 rings (SSSR count). The summed E-state index contributed by atoms with van der Waals surface area (Å²) in [6.07, 6.45) is 7.78. The van der Waals surface area contributed by atoms with Gasteiger partial charge in [-0.2, -0.15) is 0 Å². The van der Waals surface area contributed by atoms with Crippen molar-refractivity contribution < 1.29 is 14.3 Å². The summed E-state index contributed by atoms with van der Waals surface area (Å²) < 4.78 is 10.9. The molecule has 0 bridgehead atoms. The van der Waals surface area contributed by atoms with E-state index >= 15 is 0 Å². The van der Waals surface area contributed by atoms with Gasteiger partial charge in [0.05, 0.1) is 20.1 Å². The van der Waals surface area contributed by atoms with Gasteiger partial charge in [-0.05, 0) is 68.7 Å². The lowest BCUT2D eigenvalue weighted by molar-refractivity contribution is -0.121. The van der Waals surface area contributed by atoms with Gasteiger partial charge in [0.2, 0.25) is 5.91 Å². The molecule has 1 saturated heterocycles. The number of ether oxygens (including phenoxy) is 2. The lowest BCUT2D eigenvalue weighted by Gasteiger charge is -2.39. The van der Waals surface area contributed by atoms with E-state index in [0.29, 0.717) is 24.3 Å². The molecule has 1 aromatic carbocycles. The lowest BCUT2D eigenvalue weighted by atomic mass is 9.83. The van der Waals surface area contributed by atoms with Crippen LogP contribution in [-0.2, 0) is 16.0 Å². The van der Waals surface area contributed by atoms with Crippen molar-refractivity contribution >= 4 is 5.91 Å². The fourth-order valence-corrected chi connectivity index (χ4v) is 4.91. The second-order valence-corrected chi connectivity index (χ2v) is 8.67. The SMILES string of the molecule is CCOC[C@@H]1CCCN(C[C@H]2CCCC[C@@H]2NC(=O)Cc2cccc(OC)c2)C1. The smallest absolute Gasteiger partial charge is 0.224 e. The van der Waals surface area contributed by atoms with Gasteiger partial charge in [-0.25, -0.2) is 0 Å². The Labute approximate surface area is 176 Å². The van der Waals surface area contributed by atoms with Crippen molar-refractivity contribution in [2.24, 2.45) is 11.8 Å². The van der Waals surface area contributed by atoms with Crippen LogP contribution in [0.5, 0.6) is 5.75 Å². The number of nitrogens with one attached hydrogen (secondary N) is 1. The first-order chi connectivity index (χ1) is 14.2. The molecular weight excluding hydrogens is 364 g/mol. The van der Waals surface area contributed by atoms with Crippen LogP contribution in [-0.4, -0.2) is 56.8 Å². The van der Waals surface area contributed by atoms with Gasteiger partial charge in [0.1, 0.15) is 5.75 Å². The molecule has 1 aromatic rings. The zero-order valence-corrected chi connectivity index (χ0v) is 18.2. The molecule has 3 atom stereocenters. The van der Waals surface area contributed by atoms with E-state index in [0.717, 1.165) is 44.0 Å². The van der Waals surface area contributed by atoms with Gasteiger partial charge >= 0.3 is 0 Å². The summed E-state index contributed by atoms with van der Waals surface area (Å²) in [6, 6.07) is 8.10. The summed E-state index contributed by atoms with van der Waals surface area (Å²) in [6.45, 7) is 7.19. The Balaban J connectivity index is 1.51. The Bertz CT molecular complexity index is 636. The summed E-state index contributed by atoms with van der Waals surface area (Å²) in [5.41, 5.74) is 1.00. The molecule has 5 heteroatoms. The van der Waals surface area contributed by atoms with Crippen molar-refractivity contribution in [1.29, 1.82) is 0 Å². The van der Waals surface area contributed by atoms with Crippen molar-refractivity contribution in [3.8, 4) is 5.75 Å². The van der Waals surface area contributed by atoms with Gasteiger partial charge in [0.15, 0.2) is 0 Å². The first-order valence-corrected chi connectivity index (χ1v) is 11.4. The predicted molar refractivity (Wildman–Crippen MR) is 116 cm³/mol. The Morgan fingerprint density at radius 1 is 1.21 bits per heavy atom. The number of likely N-dealkylation sites (tertiary alicyclic amines) is 1. The van der Waals surface area contributed by atoms with Crippen LogP contribution in [0.25, 0.3) is 0 Å². The molecule has 1 N–H and O–H groups in total. The maximum Gasteiger partial charge on any atom is 0.224 e. The Morgan fingerprint density at radius 3 is 2.90 bits per heavy atom. The number of carbonyl (C=O) groups excluding carboxylic acids is 1. The van der Waals surface area contributed by atoms with Crippen LogP contribution in [0.3, 0.4) is 0 Å². The Hall–Kier alpha value is -1.59. The van der Waals surface area contributed by atoms with E-state index in [2.05, 4.69) is 17.1 Å². The second kappa shape index (κ2) is 11.6. The molecule has 1 amide bonds. The minimum atomic E-state index is 0.128. The van der Waals surface area contributed by atoms with Crippen molar-refractivity contribution in [2.75, 3.05) is 40.0 Å². The monoisotopic (exact) mass is 402 g/mol. The van der Waals surface area contributed by atoms with E-state index < -0.39 is 0 Å². The quantitative estimate of drug-likeness (QED) is 0.685. The molecule has 0 spiro atoms. The second-order valence-electron chi connectivity index (χ2n) is 8.67. The van der Waals surface area contributed by atoms with Gasteiger partial charge < -0.3 is 19.7 Å². The number of hydrogen-bond acceptors (Lipinski definition) is 4. The van der Waals surface area contributed by atoms with Crippen molar-refractivity contribution in [3.63, 3.8) is 0 Å². The number of hydrogen-bond donors (Lipinski definition) is 1. The average Bonchev–Trinajstić information content (AvgIpc) is 2.74. The van der Waals surface area contributed by atoms with Gasteiger partial charge in [-0.1, -0.05) is 25.0 Å². The van der Waals surface area contributed by atoms with E-state index in [4.69, 9.17) is 9.47 Å². The minimum absolute atomic E-state index is 0.128. The van der Waals surface area contributed by atoms with Crippen molar-refractivity contribution in [2.45, 2.75) is 57.9 Å². The normalized spacial score (nSPS) is 25.5. The number of methoxy groups -OCH3 is 1. The summed E-state index contributed by atoms with van der Waals surface area (Å²) >= 11 is 0. The highest BCUT2D eigenvalue weighted by molar-refractivity contribution is 5.79. The molecule has 5 nitrogen and oxygen atoms in total. The summed E-state index contributed by atoms with van der Waals surface area (Å²) in [4.78, 5) is 15.3. The number of benzene rings is 1. The van der Waals surface area contributed by atoms with E-state index in [-0.39, 0.29) is 5.91 Å². The molecule has 1 aliphatic heterocycles. The summed E-state index contributed by atoms with van der Waals surface area (Å²) in [5, 5.41) is 3.36. The topological polar surface area (TPSA) is 50.8 Å². The number of piperidine rings is 1. The summed E-state index contributed by atoms with van der Waals surface area (Å²) in [7, 11) is 1.66. The fraction of sp³-hybridized carbons (Fsp3) is 0.708. The molecule has 0 radical (unpaired) electrons. The number of nitrogens with zero attached hydrogens (tertiary/aromatic N) is 1. The molecule has 29 heavy (non-hydrogen) atoms. The standard InChI is InChI=1S/C24H38N2O3/c1-3-29-18-20-9-7-13-26(16-20)17-21-10-4-5-12-23(21)25-24(27)15-19-8-6-11-22(14-19)28-2/h6,8,11,14,20-21,23H,3-5,7,9-10,12-13,15-18H2,1-2H3,(H,25,27)/t20-,21-,23+/m1/s1. The highest BCUT2D eigenvalue weighted by atomic mass is 16.5. The molecule has 2 fully saturated rings. The third kappa shape index (κ3) is 7.00. The maximum absolute atomic E-state index is 12.7. The fourth-order valence-electron chi connectivity index (χ4n) is 4.91. The molecule has 162 valence electrons. The molecule has 1 aliphatic carbocycles. The molecule has 1 saturated carbocycles. The molecule has 0 aromatic heterocycles. The minimum Gasteiger partial charge on any atom is -0.497 e. The Morgan fingerprint density at radius 2 is 2.07 bits per heavy atom. The predicted octanol–water partition coefficient (Wildman–Crippen LogP) is 3.66. The lowest BCUT2D eigenvalue weighted by Crippen LogP contribution is -2.48. The zero-order valence-electron chi connectivity index (χ0n) is 18.2. The molecule has 0 unspecified atom stereocenters. The highest BCUT2D eigenvalue weighted by Gasteiger charge is 2.30. The number of carbonyl (C=O) groups is 1. The van der Waals surface area contributed by atoms with Crippen LogP contribution in [0, 0.1) is 11.8 Å². The largest absolute Gasteiger partial charge is 0.497 e. The number of rotatable bonds is 9. The molecular formula is C24H38N2O3. The average molecular weight is 403 g/mol. The Kier molecular flexibility index (Phi) is 8.81. The van der Waals surface area contributed by atoms with E-state index in [9.17, 15) is 4.79 Å². The highest BCUT2D eigenvalue weighted by Crippen LogP contribution is 2.27. The van der Waals surface area contributed by atoms with E-state index in [1.165, 1.54) is 38.6 Å². The van der Waals surface area contributed by atoms with Crippen LogP contribution in [0.15, 0.2) is 24.3 Å². The van der Waals surface area contributed by atoms with Gasteiger partial charge in [-0.3, -0.25) is 4.79 Å². The first kappa shape index (κ1) is 22.1. The van der Waals surface area contributed by atoms with Gasteiger partial charge in [-0.15, -0.1) is 0 Å². The first-order valence-electron chi connectivity index (χ1n) is 11.4. The zero-order chi connectivity index (χ0) is 20.5. The van der Waals surface area contributed by atoms with Gasteiger partial charge in [0, 0.05) is 25.7 Å². The van der Waals surface area contributed by atoms with Crippen LogP contribution in [0.4, 0.5) is 0 Å². The third-order valence-electron chi connectivity index (χ3n) is 6.41. The van der Waals surface area contributed by atoms with Crippen molar-refractivity contribution in [3.05, 3.63) is 29.8 Å². The van der Waals surface area contributed by atoms with Crippen LogP contribution >= 0.6 is 0 Å². The van der Waals surface area contributed by atoms with Crippen molar-refractivity contribution in [1.82, 2.24) is 10.2 Å². The molecule has 2 aliphatic rings. The molecule has 1 heterocycles. The van der Waals surface area contributed by atoms with Gasteiger partial charge in [0.25, 0.3) is 0 Å². The maximum atomic E-state index is 12.7. The number of amides is 1. The van der Waals surface area contributed by atoms with E-state index in [1.807, 2.05) is 24.3 Å². The van der Waals surface area contributed by atoms with E-state index in [1.54, 1.807) is 7.11 Å². The van der Waals surface area contributed by atoms with Crippen LogP contribution in [0.2, 0.25) is 0 Å². The summed E-state index contributed by atoms with van der Waals surface area (Å²) in [5.74, 6) is 2.15. The van der Waals surface area contributed by atoms with Crippen LogP contribution < -0.4 is 10.1 Å².